The Morgan fingerprint density at radius 1 is 1.23 bits per heavy atom. The molecule has 2 aromatic heterocycles. The lowest BCUT2D eigenvalue weighted by Crippen LogP contribution is -2.44. The number of halogens is 1. The molecule has 3 rings (SSSR count). The Bertz CT molecular complexity index is 728. The molecule has 1 fully saturated rings. The van der Waals surface area contributed by atoms with Gasteiger partial charge in [0, 0.05) is 31.5 Å². The smallest absolute Gasteiger partial charge is 0.250 e. The zero-order valence-corrected chi connectivity index (χ0v) is 14.0. The Labute approximate surface area is 138 Å². The van der Waals surface area contributed by atoms with E-state index in [2.05, 4.69) is 19.6 Å². The molecule has 1 aliphatic rings. The number of nitrogens with one attached hydrogen (secondary N) is 1. The van der Waals surface area contributed by atoms with Crippen molar-refractivity contribution < 1.29 is 8.42 Å². The summed E-state index contributed by atoms with van der Waals surface area (Å²) in [6.45, 7) is 1.45. The number of hydrogen-bond donors (Lipinski definition) is 1. The fourth-order valence-corrected chi connectivity index (χ4v) is 5.18. The fourth-order valence-electron chi connectivity index (χ4n) is 2.37. The molecule has 0 aromatic carbocycles. The molecule has 0 unspecified atom stereocenters. The minimum Gasteiger partial charge on any atom is -0.341 e. The van der Waals surface area contributed by atoms with E-state index >= 15 is 0 Å². The lowest BCUT2D eigenvalue weighted by molar-refractivity contribution is 0.457. The summed E-state index contributed by atoms with van der Waals surface area (Å²) in [7, 11) is -3.49. The van der Waals surface area contributed by atoms with Crippen molar-refractivity contribution in [3.05, 3.63) is 34.9 Å². The number of anilines is 1. The number of piperidine rings is 1. The van der Waals surface area contributed by atoms with E-state index in [9.17, 15) is 8.42 Å². The monoisotopic (exact) mass is 358 g/mol. The molecule has 1 aliphatic heterocycles. The number of aromatic nitrogens is 2. The molecule has 0 atom stereocenters. The van der Waals surface area contributed by atoms with E-state index < -0.39 is 10.0 Å². The van der Waals surface area contributed by atoms with Gasteiger partial charge in [0.15, 0.2) is 0 Å². The van der Waals surface area contributed by atoms with Crippen LogP contribution in [0.4, 0.5) is 5.95 Å². The van der Waals surface area contributed by atoms with Gasteiger partial charge in [0.25, 0.3) is 0 Å². The van der Waals surface area contributed by atoms with Gasteiger partial charge < -0.3 is 4.90 Å². The molecule has 0 bridgehead atoms. The molecule has 0 aliphatic carbocycles. The van der Waals surface area contributed by atoms with Gasteiger partial charge in [-0.15, -0.1) is 11.3 Å². The zero-order valence-electron chi connectivity index (χ0n) is 11.6. The van der Waals surface area contributed by atoms with Crippen LogP contribution in [-0.2, 0) is 10.0 Å². The first kappa shape index (κ1) is 15.7. The van der Waals surface area contributed by atoms with Crippen LogP contribution in [0.5, 0.6) is 0 Å². The van der Waals surface area contributed by atoms with E-state index in [0.29, 0.717) is 10.3 Å². The summed E-state index contributed by atoms with van der Waals surface area (Å²) in [4.78, 5) is 10.5. The highest BCUT2D eigenvalue weighted by molar-refractivity contribution is 7.91. The highest BCUT2D eigenvalue weighted by atomic mass is 35.5. The van der Waals surface area contributed by atoms with Crippen molar-refractivity contribution in [1.29, 1.82) is 0 Å². The number of nitrogens with zero attached hydrogens (tertiary/aromatic N) is 3. The van der Waals surface area contributed by atoms with Crippen molar-refractivity contribution in [2.75, 3.05) is 18.0 Å². The van der Waals surface area contributed by atoms with E-state index in [1.54, 1.807) is 24.5 Å². The largest absolute Gasteiger partial charge is 0.341 e. The second-order valence-corrected chi connectivity index (χ2v) is 8.65. The van der Waals surface area contributed by atoms with Crippen LogP contribution in [0, 0.1) is 0 Å². The van der Waals surface area contributed by atoms with Crippen molar-refractivity contribution in [3.8, 4) is 0 Å². The lowest BCUT2D eigenvalue weighted by atomic mass is 10.1. The highest BCUT2D eigenvalue weighted by Crippen LogP contribution is 2.26. The molecule has 2 aromatic rings. The first-order chi connectivity index (χ1) is 10.5. The van der Waals surface area contributed by atoms with Crippen LogP contribution >= 0.6 is 22.9 Å². The molecule has 1 saturated heterocycles. The van der Waals surface area contributed by atoms with Crippen molar-refractivity contribution >= 4 is 38.9 Å². The number of thiophene rings is 1. The van der Waals surface area contributed by atoms with E-state index in [1.807, 2.05) is 0 Å². The van der Waals surface area contributed by atoms with Crippen LogP contribution in [0.1, 0.15) is 12.8 Å². The molecular formula is C13H15ClN4O2S2. The van der Waals surface area contributed by atoms with Gasteiger partial charge in [-0.25, -0.2) is 23.1 Å². The zero-order chi connectivity index (χ0) is 15.6. The van der Waals surface area contributed by atoms with Gasteiger partial charge in [-0.3, -0.25) is 0 Å². The SMILES string of the molecule is O=S(=O)(NC1CCN(c2ncccn2)CC1)c1ccc(Cl)s1. The average molecular weight is 359 g/mol. The Morgan fingerprint density at radius 3 is 2.50 bits per heavy atom. The summed E-state index contributed by atoms with van der Waals surface area (Å²) in [6.07, 6.45) is 4.85. The summed E-state index contributed by atoms with van der Waals surface area (Å²) < 4.78 is 28.0. The van der Waals surface area contributed by atoms with E-state index in [4.69, 9.17) is 11.6 Å². The van der Waals surface area contributed by atoms with E-state index in [1.165, 1.54) is 6.07 Å². The maximum absolute atomic E-state index is 12.3. The molecule has 22 heavy (non-hydrogen) atoms. The fraction of sp³-hybridized carbons (Fsp3) is 0.385. The molecule has 6 nitrogen and oxygen atoms in total. The Hall–Kier alpha value is -1.22. The molecule has 3 heterocycles. The van der Waals surface area contributed by atoms with Gasteiger partial charge in [0.2, 0.25) is 16.0 Å². The normalized spacial score (nSPS) is 16.9. The Balaban J connectivity index is 1.60. The number of hydrogen-bond acceptors (Lipinski definition) is 6. The quantitative estimate of drug-likeness (QED) is 0.906. The average Bonchev–Trinajstić information content (AvgIpc) is 2.96. The summed E-state index contributed by atoms with van der Waals surface area (Å²) in [5.74, 6) is 0.689. The molecule has 1 N–H and O–H groups in total. The number of sulfonamides is 1. The van der Waals surface area contributed by atoms with Gasteiger partial charge in [0.1, 0.15) is 4.21 Å². The third-order valence-corrected chi connectivity index (χ3v) is 6.71. The van der Waals surface area contributed by atoms with Gasteiger partial charge in [-0.05, 0) is 31.0 Å². The van der Waals surface area contributed by atoms with Gasteiger partial charge in [0.05, 0.1) is 4.34 Å². The van der Waals surface area contributed by atoms with Gasteiger partial charge in [-0.2, -0.15) is 0 Å². The third-order valence-electron chi connectivity index (χ3n) is 3.47. The van der Waals surface area contributed by atoms with Crippen molar-refractivity contribution in [2.24, 2.45) is 0 Å². The van der Waals surface area contributed by atoms with Crippen molar-refractivity contribution in [1.82, 2.24) is 14.7 Å². The van der Waals surface area contributed by atoms with Gasteiger partial charge >= 0.3 is 0 Å². The minimum atomic E-state index is -3.49. The van der Waals surface area contributed by atoms with Crippen LogP contribution in [0.2, 0.25) is 4.34 Å². The molecule has 0 radical (unpaired) electrons. The van der Waals surface area contributed by atoms with Crippen molar-refractivity contribution in [3.63, 3.8) is 0 Å². The van der Waals surface area contributed by atoms with Crippen LogP contribution < -0.4 is 9.62 Å². The second-order valence-electron chi connectivity index (χ2n) is 4.99. The summed E-state index contributed by atoms with van der Waals surface area (Å²) >= 11 is 6.87. The van der Waals surface area contributed by atoms with Gasteiger partial charge in [-0.1, -0.05) is 11.6 Å². The summed E-state index contributed by atoms with van der Waals surface area (Å²) in [5, 5.41) is 0. The Kier molecular flexibility index (Phi) is 4.62. The van der Waals surface area contributed by atoms with E-state index in [-0.39, 0.29) is 10.3 Å². The van der Waals surface area contributed by atoms with Crippen LogP contribution in [0.25, 0.3) is 0 Å². The van der Waals surface area contributed by atoms with E-state index in [0.717, 1.165) is 37.3 Å². The second kappa shape index (κ2) is 6.49. The highest BCUT2D eigenvalue weighted by Gasteiger charge is 2.26. The minimum absolute atomic E-state index is 0.0779. The maximum atomic E-state index is 12.3. The molecule has 9 heteroatoms. The molecule has 0 spiro atoms. The lowest BCUT2D eigenvalue weighted by Gasteiger charge is -2.31. The van der Waals surface area contributed by atoms with Crippen LogP contribution in [-0.4, -0.2) is 37.5 Å². The summed E-state index contributed by atoms with van der Waals surface area (Å²) in [6, 6.07) is 4.82. The van der Waals surface area contributed by atoms with Crippen LogP contribution in [0.3, 0.4) is 0 Å². The molecule has 0 saturated carbocycles. The predicted molar refractivity (Wildman–Crippen MR) is 86.9 cm³/mol. The first-order valence-corrected chi connectivity index (χ1v) is 9.52. The van der Waals surface area contributed by atoms with Crippen molar-refractivity contribution in [2.45, 2.75) is 23.1 Å². The molecule has 0 amide bonds. The van der Waals surface area contributed by atoms with Crippen LogP contribution in [0.15, 0.2) is 34.8 Å². The maximum Gasteiger partial charge on any atom is 0.250 e. The third kappa shape index (κ3) is 3.57. The number of rotatable bonds is 4. The first-order valence-electron chi connectivity index (χ1n) is 6.84. The Morgan fingerprint density at radius 2 is 1.91 bits per heavy atom. The topological polar surface area (TPSA) is 75.2 Å². The predicted octanol–water partition coefficient (Wildman–Crippen LogP) is 2.14. The summed E-state index contributed by atoms with van der Waals surface area (Å²) in [5.41, 5.74) is 0. The molecular weight excluding hydrogens is 344 g/mol. The standard InChI is InChI=1S/C13H15ClN4O2S2/c14-11-2-3-12(21-11)22(19,20)17-10-4-8-18(9-5-10)13-15-6-1-7-16-13/h1-3,6-7,10,17H,4-5,8-9H2. The molecule has 118 valence electrons.